The van der Waals surface area contributed by atoms with Crippen molar-refractivity contribution in [3.63, 3.8) is 0 Å². The van der Waals surface area contributed by atoms with E-state index in [0.717, 1.165) is 68.5 Å². The normalized spacial score (nSPS) is 11.1. The van der Waals surface area contributed by atoms with Crippen molar-refractivity contribution in [2.45, 2.75) is 19.4 Å². The molecule has 0 heterocycles. The highest BCUT2D eigenvalue weighted by atomic mass is 16.5. The highest BCUT2D eigenvalue weighted by molar-refractivity contribution is 5.75. The van der Waals surface area contributed by atoms with Gasteiger partial charge in [0.2, 0.25) is 0 Å². The van der Waals surface area contributed by atoms with Crippen molar-refractivity contribution in [2.75, 3.05) is 56.3 Å². The predicted octanol–water partition coefficient (Wildman–Crippen LogP) is 10.9. The minimum atomic E-state index is -0.257. The number of benzene rings is 6. The molecule has 0 saturated carbocycles. The second-order valence-electron chi connectivity index (χ2n) is 12.3. The first kappa shape index (κ1) is 37.1. The number of methoxy groups -OCH3 is 4. The van der Waals surface area contributed by atoms with Crippen LogP contribution in [0.4, 0.5) is 45.5 Å². The fourth-order valence-electron chi connectivity index (χ4n) is 5.58. The molecule has 10 heteroatoms. The number of rotatable bonds is 18. The molecule has 4 N–H and O–H groups in total. The Balaban J connectivity index is 1.22. The Hall–Kier alpha value is -6.68. The molecule has 0 bridgehead atoms. The Bertz CT molecular complexity index is 2070. The Kier molecular flexibility index (Phi) is 12.5. The third kappa shape index (κ3) is 10.0. The summed E-state index contributed by atoms with van der Waals surface area (Å²) in [4.78, 5) is 0. The van der Waals surface area contributed by atoms with Crippen LogP contribution < -0.4 is 49.7 Å². The van der Waals surface area contributed by atoms with Gasteiger partial charge in [0.05, 0.1) is 39.8 Å². The molecule has 54 heavy (non-hydrogen) atoms. The predicted molar refractivity (Wildman–Crippen MR) is 218 cm³/mol. The van der Waals surface area contributed by atoms with Gasteiger partial charge < -0.3 is 49.7 Å². The lowest BCUT2D eigenvalue weighted by Crippen LogP contribution is -2.24. The monoisotopic (exact) mass is 726 g/mol. The molecule has 0 aliphatic rings. The lowest BCUT2D eigenvalue weighted by atomic mass is 10.2. The average Bonchev–Trinajstić information content (AvgIpc) is 3.22. The van der Waals surface area contributed by atoms with Crippen LogP contribution in [0.25, 0.3) is 0 Å². The second-order valence-corrected chi connectivity index (χ2v) is 12.3. The van der Waals surface area contributed by atoms with E-state index in [1.54, 1.807) is 28.4 Å². The highest BCUT2D eigenvalue weighted by Crippen LogP contribution is 2.36. The van der Waals surface area contributed by atoms with Crippen LogP contribution in [0.5, 0.6) is 34.5 Å². The van der Waals surface area contributed by atoms with Crippen LogP contribution in [0.2, 0.25) is 0 Å². The molecule has 0 fully saturated rings. The summed E-state index contributed by atoms with van der Waals surface area (Å²) in [6.07, 6.45) is 0.458. The summed E-state index contributed by atoms with van der Waals surface area (Å²) in [6, 6.07) is 43.1. The maximum absolute atomic E-state index is 6.66. The molecular formula is C44H46N4O6. The minimum absolute atomic E-state index is 0.257. The molecule has 0 saturated heterocycles. The lowest BCUT2D eigenvalue weighted by molar-refractivity contribution is 0.126. The van der Waals surface area contributed by atoms with Crippen LogP contribution in [0.3, 0.4) is 0 Å². The van der Waals surface area contributed by atoms with Crippen LogP contribution >= 0.6 is 0 Å². The number of nitrogens with one attached hydrogen (secondary N) is 4. The minimum Gasteiger partial charge on any atom is -0.497 e. The van der Waals surface area contributed by atoms with Gasteiger partial charge in [-0.2, -0.15) is 0 Å². The number of anilines is 8. The van der Waals surface area contributed by atoms with Crippen LogP contribution in [0.1, 0.15) is 13.3 Å². The maximum atomic E-state index is 6.66. The SMILES string of the molecule is CCC(COc1ccc(Nc2ccc(OC)cc2)cc1Nc1ccc(OC)cc1)Oc1ccc(Nc2ccc(OC)cc2)cc1Nc1ccc(OC)cc1. The second kappa shape index (κ2) is 18.2. The molecular weight excluding hydrogens is 681 g/mol. The highest BCUT2D eigenvalue weighted by Gasteiger charge is 2.16. The Morgan fingerprint density at radius 2 is 0.741 bits per heavy atom. The van der Waals surface area contributed by atoms with Gasteiger partial charge in [0, 0.05) is 34.1 Å². The summed E-state index contributed by atoms with van der Waals surface area (Å²) < 4.78 is 34.5. The van der Waals surface area contributed by atoms with Gasteiger partial charge in [-0.25, -0.2) is 0 Å². The zero-order valence-corrected chi connectivity index (χ0v) is 31.1. The summed E-state index contributed by atoms with van der Waals surface area (Å²) in [5, 5.41) is 14.0. The zero-order chi connectivity index (χ0) is 37.7. The molecule has 0 aliphatic heterocycles. The number of ether oxygens (including phenoxy) is 6. The maximum Gasteiger partial charge on any atom is 0.143 e. The molecule has 6 aromatic rings. The molecule has 0 radical (unpaired) electrons. The number of hydrogen-bond donors (Lipinski definition) is 4. The van der Waals surface area contributed by atoms with E-state index in [0.29, 0.717) is 24.5 Å². The van der Waals surface area contributed by atoms with E-state index in [2.05, 4.69) is 28.2 Å². The quantitative estimate of drug-likeness (QED) is 0.0684. The molecule has 6 aromatic carbocycles. The van der Waals surface area contributed by atoms with Crippen LogP contribution in [0, 0.1) is 0 Å². The van der Waals surface area contributed by atoms with Gasteiger partial charge in [0.25, 0.3) is 0 Å². The fourth-order valence-corrected chi connectivity index (χ4v) is 5.58. The van der Waals surface area contributed by atoms with Gasteiger partial charge in [-0.05, 0) is 140 Å². The van der Waals surface area contributed by atoms with E-state index >= 15 is 0 Å². The molecule has 0 spiro atoms. The van der Waals surface area contributed by atoms with Crippen LogP contribution in [-0.2, 0) is 0 Å². The van der Waals surface area contributed by atoms with E-state index in [9.17, 15) is 0 Å². The number of hydrogen-bond acceptors (Lipinski definition) is 10. The first-order chi connectivity index (χ1) is 26.4. The zero-order valence-electron chi connectivity index (χ0n) is 31.1. The topological polar surface area (TPSA) is 104 Å². The summed E-state index contributed by atoms with van der Waals surface area (Å²) in [7, 11) is 6.62. The van der Waals surface area contributed by atoms with Gasteiger partial charge in [0.1, 0.15) is 47.2 Å². The standard InChI is InChI=1S/C44H46N4O6/c1-6-36(54-44-26-16-35(46-31-9-19-38(50-3)20-10-31)28-42(44)48-33-13-23-40(52-5)24-14-33)29-53-43-25-15-34(45-30-7-17-37(49-2)18-8-30)27-41(43)47-32-11-21-39(51-4)22-12-32/h7-28,36,45-48H,6,29H2,1-5H3. The molecule has 1 unspecified atom stereocenters. The van der Waals surface area contributed by atoms with Gasteiger partial charge in [-0.3, -0.25) is 0 Å². The molecule has 0 amide bonds. The van der Waals surface area contributed by atoms with E-state index in [-0.39, 0.29) is 6.10 Å². The van der Waals surface area contributed by atoms with E-state index in [1.165, 1.54) is 0 Å². The van der Waals surface area contributed by atoms with Crippen molar-refractivity contribution >= 4 is 45.5 Å². The summed E-state index contributed by atoms with van der Waals surface area (Å²) in [5.41, 5.74) is 7.03. The first-order valence-electron chi connectivity index (χ1n) is 17.7. The van der Waals surface area contributed by atoms with Crippen LogP contribution in [0.15, 0.2) is 133 Å². The third-order valence-electron chi connectivity index (χ3n) is 8.63. The van der Waals surface area contributed by atoms with Gasteiger partial charge in [-0.1, -0.05) is 6.92 Å². The first-order valence-corrected chi connectivity index (χ1v) is 17.7. The van der Waals surface area contributed by atoms with Gasteiger partial charge in [-0.15, -0.1) is 0 Å². The van der Waals surface area contributed by atoms with Crippen molar-refractivity contribution < 1.29 is 28.4 Å². The summed E-state index contributed by atoms with van der Waals surface area (Å²) in [6.45, 7) is 2.40. The van der Waals surface area contributed by atoms with Crippen molar-refractivity contribution in [3.05, 3.63) is 133 Å². The molecule has 6 rings (SSSR count). The van der Waals surface area contributed by atoms with Crippen molar-refractivity contribution in [1.82, 2.24) is 0 Å². The molecule has 0 aromatic heterocycles. The van der Waals surface area contributed by atoms with E-state index < -0.39 is 0 Å². The van der Waals surface area contributed by atoms with E-state index in [4.69, 9.17) is 28.4 Å². The van der Waals surface area contributed by atoms with Crippen LogP contribution in [-0.4, -0.2) is 41.2 Å². The Morgan fingerprint density at radius 1 is 0.407 bits per heavy atom. The fraction of sp³-hybridized carbons (Fsp3) is 0.182. The summed E-state index contributed by atoms with van der Waals surface area (Å²) >= 11 is 0. The van der Waals surface area contributed by atoms with Crippen molar-refractivity contribution in [2.24, 2.45) is 0 Å². The van der Waals surface area contributed by atoms with Crippen molar-refractivity contribution in [3.8, 4) is 34.5 Å². The lowest BCUT2D eigenvalue weighted by Gasteiger charge is -2.23. The van der Waals surface area contributed by atoms with Gasteiger partial charge >= 0.3 is 0 Å². The third-order valence-corrected chi connectivity index (χ3v) is 8.63. The molecule has 10 nitrogen and oxygen atoms in total. The molecule has 278 valence electrons. The Morgan fingerprint density at radius 3 is 1.11 bits per heavy atom. The van der Waals surface area contributed by atoms with E-state index in [1.807, 2.05) is 133 Å². The van der Waals surface area contributed by atoms with Gasteiger partial charge in [0.15, 0.2) is 0 Å². The average molecular weight is 727 g/mol. The molecule has 0 aliphatic carbocycles. The largest absolute Gasteiger partial charge is 0.497 e. The smallest absolute Gasteiger partial charge is 0.143 e. The molecule has 1 atom stereocenters. The summed E-state index contributed by atoms with van der Waals surface area (Å²) in [5.74, 6) is 4.52. The Labute approximate surface area is 317 Å². The van der Waals surface area contributed by atoms with Crippen molar-refractivity contribution in [1.29, 1.82) is 0 Å².